The minimum atomic E-state index is -0.578. The molecule has 3 rings (SSSR count). The van der Waals surface area contributed by atoms with Crippen molar-refractivity contribution in [2.75, 3.05) is 4.90 Å². The zero-order valence-corrected chi connectivity index (χ0v) is 15.6. The first-order valence-corrected chi connectivity index (χ1v) is 8.54. The molecular formula is C19H15ClN2O3S. The van der Waals surface area contributed by atoms with Gasteiger partial charge in [0.05, 0.1) is 10.7 Å². The summed E-state index contributed by atoms with van der Waals surface area (Å²) in [5.41, 5.74) is 2.97. The molecule has 1 saturated heterocycles. The Morgan fingerprint density at radius 1 is 1.19 bits per heavy atom. The Morgan fingerprint density at radius 2 is 1.92 bits per heavy atom. The summed E-state index contributed by atoms with van der Waals surface area (Å²) in [4.78, 5) is 26.6. The second kappa shape index (κ2) is 6.90. The van der Waals surface area contributed by atoms with Gasteiger partial charge in [0.2, 0.25) is 0 Å². The minimum Gasteiger partial charge on any atom is -0.506 e. The standard InChI is InChI=1S/C19H15ClN2O3S/c1-10-4-3-5-15(11(10)2)22-18(25)13(17(24)21-19(22)26)8-12-6-7-16(23)14(20)9-12/h3-9,23H,1-2H3,(H,21,24,26). The van der Waals surface area contributed by atoms with Crippen LogP contribution in [0.2, 0.25) is 5.02 Å². The third-order valence-electron chi connectivity index (χ3n) is 4.20. The first-order valence-electron chi connectivity index (χ1n) is 7.76. The van der Waals surface area contributed by atoms with Crippen LogP contribution >= 0.6 is 23.8 Å². The lowest BCUT2D eigenvalue weighted by molar-refractivity contribution is -0.122. The zero-order valence-electron chi connectivity index (χ0n) is 14.0. The summed E-state index contributed by atoms with van der Waals surface area (Å²) in [7, 11) is 0. The SMILES string of the molecule is Cc1cccc(N2C(=O)C(=Cc3ccc(O)c(Cl)c3)C(=O)NC2=S)c1C. The second-order valence-electron chi connectivity index (χ2n) is 5.89. The van der Waals surface area contributed by atoms with Gasteiger partial charge in [0.15, 0.2) is 5.11 Å². The van der Waals surface area contributed by atoms with Gasteiger partial charge in [-0.3, -0.25) is 19.8 Å². The maximum atomic E-state index is 13.0. The number of thiocarbonyl (C=S) groups is 1. The molecule has 5 nitrogen and oxygen atoms in total. The number of hydrogen-bond acceptors (Lipinski definition) is 4. The zero-order chi connectivity index (χ0) is 19.0. The van der Waals surface area contributed by atoms with E-state index in [1.54, 1.807) is 12.1 Å². The average molecular weight is 387 g/mol. The van der Waals surface area contributed by atoms with Gasteiger partial charge < -0.3 is 5.11 Å². The van der Waals surface area contributed by atoms with E-state index < -0.39 is 11.8 Å². The number of carbonyl (C=O) groups excluding carboxylic acids is 2. The van der Waals surface area contributed by atoms with Gasteiger partial charge >= 0.3 is 0 Å². The molecule has 0 bridgehead atoms. The van der Waals surface area contributed by atoms with Crippen molar-refractivity contribution in [3.8, 4) is 5.75 Å². The second-order valence-corrected chi connectivity index (χ2v) is 6.68. The Labute approximate surface area is 160 Å². The first-order chi connectivity index (χ1) is 12.3. The molecule has 1 aliphatic heterocycles. The Morgan fingerprint density at radius 3 is 2.62 bits per heavy atom. The van der Waals surface area contributed by atoms with Gasteiger partial charge in [-0.15, -0.1) is 0 Å². The quantitative estimate of drug-likeness (QED) is 0.471. The van der Waals surface area contributed by atoms with Crippen molar-refractivity contribution in [2.24, 2.45) is 0 Å². The molecule has 2 aromatic carbocycles. The Hall–Kier alpha value is -2.70. The number of phenolic OH excluding ortho intramolecular Hbond substituents is 1. The fourth-order valence-corrected chi connectivity index (χ4v) is 3.10. The number of carbonyl (C=O) groups is 2. The number of nitrogens with one attached hydrogen (secondary N) is 1. The van der Waals surface area contributed by atoms with Crippen molar-refractivity contribution >= 4 is 52.5 Å². The van der Waals surface area contributed by atoms with Crippen LogP contribution in [0.3, 0.4) is 0 Å². The lowest BCUT2D eigenvalue weighted by atomic mass is 10.0. The summed E-state index contributed by atoms with van der Waals surface area (Å²) in [6.45, 7) is 3.82. The van der Waals surface area contributed by atoms with Crippen LogP contribution in [-0.2, 0) is 9.59 Å². The van der Waals surface area contributed by atoms with E-state index in [0.717, 1.165) is 11.1 Å². The number of aromatic hydroxyl groups is 1. The molecule has 7 heteroatoms. The summed E-state index contributed by atoms with van der Waals surface area (Å²) in [5, 5.41) is 12.2. The number of benzene rings is 2. The number of rotatable bonds is 2. The normalized spacial score (nSPS) is 16.2. The van der Waals surface area contributed by atoms with Crippen molar-refractivity contribution in [3.63, 3.8) is 0 Å². The number of hydrogen-bond donors (Lipinski definition) is 2. The number of nitrogens with zero attached hydrogens (tertiary/aromatic N) is 1. The molecule has 132 valence electrons. The van der Waals surface area contributed by atoms with Gasteiger partial charge in [0.1, 0.15) is 11.3 Å². The summed E-state index contributed by atoms with van der Waals surface area (Å²) < 4.78 is 0. The van der Waals surface area contributed by atoms with Crippen LogP contribution in [0.5, 0.6) is 5.75 Å². The first kappa shape index (κ1) is 18.1. The molecule has 1 fully saturated rings. The van der Waals surface area contributed by atoms with E-state index in [1.807, 2.05) is 26.0 Å². The third kappa shape index (κ3) is 3.21. The largest absolute Gasteiger partial charge is 0.506 e. The highest BCUT2D eigenvalue weighted by atomic mass is 35.5. The van der Waals surface area contributed by atoms with E-state index in [-0.39, 0.29) is 21.5 Å². The fraction of sp³-hybridized carbons (Fsp3) is 0.105. The molecule has 2 amide bonds. The van der Waals surface area contributed by atoms with Crippen molar-refractivity contribution in [1.82, 2.24) is 5.32 Å². The van der Waals surface area contributed by atoms with Crippen LogP contribution < -0.4 is 10.2 Å². The molecule has 0 radical (unpaired) electrons. The summed E-state index contributed by atoms with van der Waals surface area (Å²) >= 11 is 11.1. The number of halogens is 1. The molecule has 26 heavy (non-hydrogen) atoms. The average Bonchev–Trinajstić information content (AvgIpc) is 2.58. The van der Waals surface area contributed by atoms with Crippen LogP contribution in [0.4, 0.5) is 5.69 Å². The van der Waals surface area contributed by atoms with Gasteiger partial charge in [0, 0.05) is 0 Å². The fourth-order valence-electron chi connectivity index (χ4n) is 2.63. The highest BCUT2D eigenvalue weighted by molar-refractivity contribution is 7.80. The molecule has 2 N–H and O–H groups in total. The molecule has 0 unspecified atom stereocenters. The monoisotopic (exact) mass is 386 g/mol. The van der Waals surface area contributed by atoms with Crippen molar-refractivity contribution < 1.29 is 14.7 Å². The maximum Gasteiger partial charge on any atom is 0.270 e. The molecule has 0 aliphatic carbocycles. The number of anilines is 1. The molecule has 0 atom stereocenters. The van der Waals surface area contributed by atoms with E-state index in [2.05, 4.69) is 5.32 Å². The van der Waals surface area contributed by atoms with E-state index in [4.69, 9.17) is 23.8 Å². The van der Waals surface area contributed by atoms with Gasteiger partial charge in [-0.05, 0) is 67.0 Å². The third-order valence-corrected chi connectivity index (χ3v) is 4.79. The van der Waals surface area contributed by atoms with Crippen molar-refractivity contribution in [2.45, 2.75) is 13.8 Å². The number of phenols is 1. The minimum absolute atomic E-state index is 0.0367. The molecule has 0 saturated carbocycles. The summed E-state index contributed by atoms with van der Waals surface area (Å²) in [5.74, 6) is -1.17. The van der Waals surface area contributed by atoms with Gasteiger partial charge in [-0.1, -0.05) is 29.8 Å². The van der Waals surface area contributed by atoms with Crippen LogP contribution in [0, 0.1) is 13.8 Å². The topological polar surface area (TPSA) is 69.6 Å². The predicted molar refractivity (Wildman–Crippen MR) is 105 cm³/mol. The molecule has 1 heterocycles. The van der Waals surface area contributed by atoms with Crippen molar-refractivity contribution in [3.05, 3.63) is 63.7 Å². The molecule has 0 spiro atoms. The van der Waals surface area contributed by atoms with Gasteiger partial charge in [-0.25, -0.2) is 0 Å². The Balaban J connectivity index is 2.07. The highest BCUT2D eigenvalue weighted by Gasteiger charge is 2.35. The van der Waals surface area contributed by atoms with Crippen LogP contribution in [0.25, 0.3) is 6.08 Å². The molecule has 1 aliphatic rings. The molecule has 2 aromatic rings. The van der Waals surface area contributed by atoms with E-state index >= 15 is 0 Å². The van der Waals surface area contributed by atoms with Crippen LogP contribution in [-0.4, -0.2) is 22.0 Å². The maximum absolute atomic E-state index is 13.0. The molecule has 0 aromatic heterocycles. The van der Waals surface area contributed by atoms with Crippen LogP contribution in [0.15, 0.2) is 42.0 Å². The van der Waals surface area contributed by atoms with Crippen LogP contribution in [0.1, 0.15) is 16.7 Å². The Bertz CT molecular complexity index is 985. The smallest absolute Gasteiger partial charge is 0.270 e. The number of aryl methyl sites for hydroxylation is 1. The van der Waals surface area contributed by atoms with E-state index in [1.165, 1.54) is 23.1 Å². The Kier molecular flexibility index (Phi) is 4.80. The van der Waals surface area contributed by atoms with Gasteiger partial charge in [-0.2, -0.15) is 0 Å². The van der Waals surface area contributed by atoms with Gasteiger partial charge in [0.25, 0.3) is 11.8 Å². The lowest BCUT2D eigenvalue weighted by Crippen LogP contribution is -2.54. The number of amides is 2. The van der Waals surface area contributed by atoms with Crippen molar-refractivity contribution in [1.29, 1.82) is 0 Å². The van der Waals surface area contributed by atoms with E-state index in [9.17, 15) is 14.7 Å². The predicted octanol–water partition coefficient (Wildman–Crippen LogP) is 3.49. The highest BCUT2D eigenvalue weighted by Crippen LogP contribution is 2.28. The summed E-state index contributed by atoms with van der Waals surface area (Å²) in [6, 6.07) is 9.97. The molecular weight excluding hydrogens is 372 g/mol. The summed E-state index contributed by atoms with van der Waals surface area (Å²) in [6.07, 6.45) is 1.42. The van der Waals surface area contributed by atoms with E-state index in [0.29, 0.717) is 11.3 Å². The lowest BCUT2D eigenvalue weighted by Gasteiger charge is -2.30.